The minimum absolute atomic E-state index is 0.0650. The molecule has 0 saturated carbocycles. The Balaban J connectivity index is 1.50. The summed E-state index contributed by atoms with van der Waals surface area (Å²) in [6.07, 6.45) is 2.65. The number of halogens is 1. The minimum atomic E-state index is -0.120. The molecule has 1 aliphatic heterocycles. The van der Waals surface area contributed by atoms with Gasteiger partial charge in [-0.1, -0.05) is 59.8 Å². The van der Waals surface area contributed by atoms with Crippen LogP contribution in [0.15, 0.2) is 82.6 Å². The Morgan fingerprint density at radius 3 is 2.66 bits per heavy atom. The maximum atomic E-state index is 13.5. The van der Waals surface area contributed by atoms with Gasteiger partial charge in [-0.3, -0.25) is 9.59 Å². The molecule has 0 spiro atoms. The Morgan fingerprint density at radius 1 is 1.09 bits per heavy atom. The number of hydrogen-bond acceptors (Lipinski definition) is 4. The Kier molecular flexibility index (Phi) is 8.64. The summed E-state index contributed by atoms with van der Waals surface area (Å²) >= 11 is 7.62. The number of nitrogens with one attached hydrogen (secondary N) is 1. The predicted molar refractivity (Wildman–Crippen MR) is 143 cm³/mol. The van der Waals surface area contributed by atoms with Crippen molar-refractivity contribution in [2.45, 2.75) is 24.8 Å². The van der Waals surface area contributed by atoms with E-state index in [1.165, 1.54) is 11.8 Å². The quantitative estimate of drug-likeness (QED) is 0.278. The van der Waals surface area contributed by atoms with Crippen molar-refractivity contribution in [2.75, 3.05) is 24.7 Å². The van der Waals surface area contributed by atoms with Gasteiger partial charge in [-0.25, -0.2) is 0 Å². The molecule has 0 unspecified atom stereocenters. The molecule has 1 N–H and O–H groups in total. The Hall–Kier alpha value is -3.06. The minimum Gasteiger partial charge on any atom is -0.382 e. The molecule has 0 fully saturated rings. The summed E-state index contributed by atoms with van der Waals surface area (Å²) < 4.78 is 5.29. The molecule has 1 aliphatic rings. The molecule has 180 valence electrons. The number of amides is 2. The predicted octanol–water partition coefficient (Wildman–Crippen LogP) is 6.18. The van der Waals surface area contributed by atoms with Gasteiger partial charge in [-0.2, -0.15) is 0 Å². The van der Waals surface area contributed by atoms with Crippen LogP contribution in [0.5, 0.6) is 0 Å². The summed E-state index contributed by atoms with van der Waals surface area (Å²) in [4.78, 5) is 29.3. The van der Waals surface area contributed by atoms with Crippen LogP contribution >= 0.6 is 23.4 Å². The van der Waals surface area contributed by atoms with Crippen molar-refractivity contribution < 1.29 is 14.3 Å². The zero-order valence-corrected chi connectivity index (χ0v) is 21.1. The Bertz CT molecular complexity index is 1230. The summed E-state index contributed by atoms with van der Waals surface area (Å²) in [5.74, 6) is -0.185. The fourth-order valence-corrected chi connectivity index (χ4v) is 5.01. The van der Waals surface area contributed by atoms with E-state index in [4.69, 9.17) is 16.3 Å². The summed E-state index contributed by atoms with van der Waals surface area (Å²) in [7, 11) is 0. The van der Waals surface area contributed by atoms with Crippen LogP contribution in [0, 0.1) is 0 Å². The molecular weight excluding hydrogens is 480 g/mol. The van der Waals surface area contributed by atoms with E-state index in [0.717, 1.165) is 28.1 Å². The zero-order chi connectivity index (χ0) is 24.6. The fraction of sp³-hybridized carbons (Fsp3) is 0.214. The number of fused-ring (bicyclic) bond motifs is 1. The van der Waals surface area contributed by atoms with Gasteiger partial charge >= 0.3 is 0 Å². The number of hydrogen-bond donors (Lipinski definition) is 1. The molecule has 35 heavy (non-hydrogen) atoms. The maximum Gasteiger partial charge on any atom is 0.265 e. The summed E-state index contributed by atoms with van der Waals surface area (Å²) in [6.45, 7) is 4.25. The first-order valence-electron chi connectivity index (χ1n) is 11.6. The number of benzene rings is 3. The molecule has 0 atom stereocenters. The SMILES string of the molecule is CCOCCCNC(=O)c1ccc(/C=C2/Sc3ccccc3N(Cc3cccc(Cl)c3)C2=O)cc1. The lowest BCUT2D eigenvalue weighted by atomic mass is 10.1. The molecule has 5 nitrogen and oxygen atoms in total. The molecule has 0 aromatic heterocycles. The van der Waals surface area contributed by atoms with E-state index in [2.05, 4.69) is 5.32 Å². The lowest BCUT2D eigenvalue weighted by Gasteiger charge is -2.30. The lowest BCUT2D eigenvalue weighted by Crippen LogP contribution is -2.33. The van der Waals surface area contributed by atoms with E-state index >= 15 is 0 Å². The molecule has 3 aromatic rings. The summed E-state index contributed by atoms with van der Waals surface area (Å²) in [5, 5.41) is 3.54. The van der Waals surface area contributed by atoms with Gasteiger partial charge in [0.25, 0.3) is 11.8 Å². The maximum absolute atomic E-state index is 13.5. The molecule has 7 heteroatoms. The van der Waals surface area contributed by atoms with Gasteiger partial charge in [-0.05, 0) is 66.9 Å². The van der Waals surface area contributed by atoms with Gasteiger partial charge in [0.2, 0.25) is 0 Å². The molecule has 4 rings (SSSR count). The topological polar surface area (TPSA) is 58.6 Å². The first kappa shape index (κ1) is 25.0. The van der Waals surface area contributed by atoms with Crippen molar-refractivity contribution in [3.05, 3.63) is 99.4 Å². The highest BCUT2D eigenvalue weighted by atomic mass is 35.5. The zero-order valence-electron chi connectivity index (χ0n) is 19.5. The second-order valence-electron chi connectivity index (χ2n) is 8.03. The highest BCUT2D eigenvalue weighted by Crippen LogP contribution is 2.42. The number of ether oxygens (including phenoxy) is 1. The van der Waals surface area contributed by atoms with Crippen molar-refractivity contribution >= 4 is 46.9 Å². The Labute approximate surface area is 215 Å². The molecular formula is C28H27ClN2O3S. The molecule has 0 aliphatic carbocycles. The van der Waals surface area contributed by atoms with Crippen LogP contribution in [0.4, 0.5) is 5.69 Å². The van der Waals surface area contributed by atoms with E-state index in [1.807, 2.05) is 73.7 Å². The monoisotopic (exact) mass is 506 g/mol. The first-order valence-corrected chi connectivity index (χ1v) is 12.8. The van der Waals surface area contributed by atoms with Crippen molar-refractivity contribution in [3.8, 4) is 0 Å². The van der Waals surface area contributed by atoms with E-state index in [9.17, 15) is 9.59 Å². The molecule has 2 amide bonds. The van der Waals surface area contributed by atoms with E-state index in [0.29, 0.717) is 41.8 Å². The van der Waals surface area contributed by atoms with Gasteiger partial charge in [0.05, 0.1) is 17.1 Å². The van der Waals surface area contributed by atoms with Crippen LogP contribution < -0.4 is 10.2 Å². The normalized spacial score (nSPS) is 14.2. The lowest BCUT2D eigenvalue weighted by molar-refractivity contribution is -0.114. The first-order chi connectivity index (χ1) is 17.0. The summed E-state index contributed by atoms with van der Waals surface area (Å²) in [5.41, 5.74) is 3.29. The Morgan fingerprint density at radius 2 is 1.89 bits per heavy atom. The second kappa shape index (κ2) is 12.1. The van der Waals surface area contributed by atoms with Gasteiger partial charge in [0.1, 0.15) is 0 Å². The molecule has 1 heterocycles. The van der Waals surface area contributed by atoms with E-state index in [-0.39, 0.29) is 11.8 Å². The highest BCUT2D eigenvalue weighted by molar-refractivity contribution is 8.04. The number of nitrogens with zero attached hydrogens (tertiary/aromatic N) is 1. The second-order valence-corrected chi connectivity index (χ2v) is 9.55. The highest BCUT2D eigenvalue weighted by Gasteiger charge is 2.29. The average molecular weight is 507 g/mol. The van der Waals surface area contributed by atoms with Crippen molar-refractivity contribution in [1.82, 2.24) is 5.32 Å². The van der Waals surface area contributed by atoms with Crippen LogP contribution in [0.1, 0.15) is 34.8 Å². The van der Waals surface area contributed by atoms with Gasteiger partial charge in [0, 0.05) is 35.2 Å². The molecule has 0 radical (unpaired) electrons. The smallest absolute Gasteiger partial charge is 0.265 e. The van der Waals surface area contributed by atoms with Crippen molar-refractivity contribution in [2.24, 2.45) is 0 Å². The van der Waals surface area contributed by atoms with Crippen molar-refractivity contribution in [3.63, 3.8) is 0 Å². The van der Waals surface area contributed by atoms with Gasteiger partial charge in [-0.15, -0.1) is 0 Å². The number of carbonyl (C=O) groups is 2. The third kappa shape index (κ3) is 6.54. The van der Waals surface area contributed by atoms with Crippen LogP contribution in [0.25, 0.3) is 6.08 Å². The van der Waals surface area contributed by atoms with Crippen LogP contribution in [-0.4, -0.2) is 31.6 Å². The largest absolute Gasteiger partial charge is 0.382 e. The van der Waals surface area contributed by atoms with Crippen LogP contribution in [0.3, 0.4) is 0 Å². The average Bonchev–Trinajstić information content (AvgIpc) is 2.87. The number of anilines is 1. The van der Waals surface area contributed by atoms with Crippen LogP contribution in [-0.2, 0) is 16.1 Å². The number of para-hydroxylation sites is 1. The fourth-order valence-electron chi connectivity index (χ4n) is 3.74. The van der Waals surface area contributed by atoms with Gasteiger partial charge < -0.3 is 15.0 Å². The summed E-state index contributed by atoms with van der Waals surface area (Å²) in [6, 6.07) is 22.7. The molecule has 0 saturated heterocycles. The third-order valence-corrected chi connectivity index (χ3v) is 6.80. The van der Waals surface area contributed by atoms with E-state index < -0.39 is 0 Å². The third-order valence-electron chi connectivity index (χ3n) is 5.49. The van der Waals surface area contributed by atoms with Crippen LogP contribution in [0.2, 0.25) is 5.02 Å². The van der Waals surface area contributed by atoms with E-state index in [1.54, 1.807) is 17.0 Å². The standard InChI is InChI=1S/C28H27ClN2O3S/c1-2-34-16-6-15-30-27(32)22-13-11-20(12-14-22)18-26-28(33)31(19-21-7-5-8-23(29)17-21)24-9-3-4-10-25(24)35-26/h3-5,7-14,17-18H,2,6,15-16,19H2,1H3,(H,30,32)/b26-18+. The number of rotatable bonds is 9. The van der Waals surface area contributed by atoms with Gasteiger partial charge in [0.15, 0.2) is 0 Å². The number of carbonyl (C=O) groups excluding carboxylic acids is 2. The molecule has 3 aromatic carbocycles. The molecule has 0 bridgehead atoms. The van der Waals surface area contributed by atoms with Crippen molar-refractivity contribution in [1.29, 1.82) is 0 Å². The number of thioether (sulfide) groups is 1.